The molecule has 1 aromatic carbocycles. The van der Waals surface area contributed by atoms with E-state index in [0.717, 1.165) is 12.8 Å². The second-order valence-electron chi connectivity index (χ2n) is 4.66. The van der Waals surface area contributed by atoms with Gasteiger partial charge in [0.05, 0.1) is 5.69 Å². The third-order valence-corrected chi connectivity index (χ3v) is 4.45. The van der Waals surface area contributed by atoms with Gasteiger partial charge in [-0.05, 0) is 31.9 Å². The number of hydrogen-bond donors (Lipinski definition) is 3. The van der Waals surface area contributed by atoms with E-state index in [4.69, 9.17) is 5.73 Å². The Bertz CT molecular complexity index is 582. The number of hydrogen-bond acceptors (Lipinski definition) is 4. The predicted molar refractivity (Wildman–Crippen MR) is 72.1 cm³/mol. The molecule has 0 aromatic heterocycles. The van der Waals surface area contributed by atoms with Crippen molar-refractivity contribution in [3.8, 4) is 0 Å². The van der Waals surface area contributed by atoms with Gasteiger partial charge in [-0.15, -0.1) is 0 Å². The average Bonchev–Trinajstić information content (AvgIpc) is 3.12. The Labute approximate surface area is 112 Å². The highest BCUT2D eigenvalue weighted by Gasteiger charge is 2.29. The summed E-state index contributed by atoms with van der Waals surface area (Å²) in [6, 6.07) is 5.85. The highest BCUT2D eigenvalue weighted by atomic mass is 32.2. The number of rotatable bonds is 6. The van der Waals surface area contributed by atoms with E-state index in [2.05, 4.69) is 10.0 Å². The van der Waals surface area contributed by atoms with Crippen LogP contribution >= 0.6 is 0 Å². The summed E-state index contributed by atoms with van der Waals surface area (Å²) in [5.41, 5.74) is 5.54. The third kappa shape index (κ3) is 3.45. The first-order chi connectivity index (χ1) is 8.90. The van der Waals surface area contributed by atoms with Gasteiger partial charge < -0.3 is 11.1 Å². The van der Waals surface area contributed by atoms with Crippen LogP contribution in [0.5, 0.6) is 0 Å². The Morgan fingerprint density at radius 3 is 2.58 bits per heavy atom. The minimum Gasteiger partial charge on any atom is -0.373 e. The number of sulfonamides is 1. The number of nitrogens with one attached hydrogen (secondary N) is 2. The number of carbonyl (C=O) groups excluding carboxylic acids is 1. The summed E-state index contributed by atoms with van der Waals surface area (Å²) >= 11 is 0. The number of carbonyl (C=O) groups is 1. The van der Waals surface area contributed by atoms with Gasteiger partial charge in [-0.3, -0.25) is 4.79 Å². The molecule has 0 radical (unpaired) electrons. The molecule has 0 spiro atoms. The quantitative estimate of drug-likeness (QED) is 0.704. The molecular formula is C12H17N3O3S. The van der Waals surface area contributed by atoms with Gasteiger partial charge >= 0.3 is 0 Å². The SMILES string of the molecule is CC(Nc1ccccc1S(=O)(=O)NC1CC1)C(N)=O. The molecule has 1 saturated carbocycles. The smallest absolute Gasteiger partial charge is 0.242 e. The molecule has 0 saturated heterocycles. The van der Waals surface area contributed by atoms with E-state index < -0.39 is 22.0 Å². The van der Waals surface area contributed by atoms with Crippen LogP contribution < -0.4 is 15.8 Å². The molecule has 1 aromatic rings. The first kappa shape index (κ1) is 13.8. The summed E-state index contributed by atoms with van der Waals surface area (Å²) in [7, 11) is -3.56. The minimum absolute atomic E-state index is 0.0339. The van der Waals surface area contributed by atoms with Gasteiger partial charge in [-0.25, -0.2) is 13.1 Å². The summed E-state index contributed by atoms with van der Waals surface area (Å²) in [5.74, 6) is -0.539. The van der Waals surface area contributed by atoms with Crippen molar-refractivity contribution in [3.05, 3.63) is 24.3 Å². The number of nitrogens with two attached hydrogens (primary N) is 1. The molecule has 0 bridgehead atoms. The summed E-state index contributed by atoms with van der Waals surface area (Å²) in [6.07, 6.45) is 1.74. The van der Waals surface area contributed by atoms with E-state index in [-0.39, 0.29) is 10.9 Å². The maximum absolute atomic E-state index is 12.2. The van der Waals surface area contributed by atoms with Crippen LogP contribution in [0.2, 0.25) is 0 Å². The molecule has 0 heterocycles. The summed E-state index contributed by atoms with van der Waals surface area (Å²) in [5, 5.41) is 2.82. The van der Waals surface area contributed by atoms with Crippen LogP contribution in [-0.2, 0) is 14.8 Å². The third-order valence-electron chi connectivity index (χ3n) is 2.87. The maximum Gasteiger partial charge on any atom is 0.242 e. The van der Waals surface area contributed by atoms with Crippen molar-refractivity contribution < 1.29 is 13.2 Å². The second-order valence-corrected chi connectivity index (χ2v) is 6.34. The molecule has 2 rings (SSSR count). The van der Waals surface area contributed by atoms with Crippen molar-refractivity contribution in [2.75, 3.05) is 5.32 Å². The number of para-hydroxylation sites is 1. The minimum atomic E-state index is -3.56. The summed E-state index contributed by atoms with van der Waals surface area (Å²) in [4.78, 5) is 11.2. The van der Waals surface area contributed by atoms with Crippen molar-refractivity contribution >= 4 is 21.6 Å². The average molecular weight is 283 g/mol. The highest BCUT2D eigenvalue weighted by molar-refractivity contribution is 7.89. The number of anilines is 1. The normalized spacial score (nSPS) is 16.9. The van der Waals surface area contributed by atoms with E-state index in [9.17, 15) is 13.2 Å². The van der Waals surface area contributed by atoms with Gasteiger partial charge in [0.1, 0.15) is 10.9 Å². The molecule has 1 amide bonds. The van der Waals surface area contributed by atoms with Gasteiger partial charge in [0.15, 0.2) is 0 Å². The zero-order valence-electron chi connectivity index (χ0n) is 10.6. The fourth-order valence-electron chi connectivity index (χ4n) is 1.61. The monoisotopic (exact) mass is 283 g/mol. The lowest BCUT2D eigenvalue weighted by atomic mass is 10.2. The van der Waals surface area contributed by atoms with E-state index in [0.29, 0.717) is 5.69 Å². The van der Waals surface area contributed by atoms with Crippen molar-refractivity contribution in [1.29, 1.82) is 0 Å². The molecule has 1 atom stereocenters. The molecule has 6 nitrogen and oxygen atoms in total. The van der Waals surface area contributed by atoms with Gasteiger partial charge in [0.2, 0.25) is 15.9 Å². The highest BCUT2D eigenvalue weighted by Crippen LogP contribution is 2.26. The second kappa shape index (κ2) is 5.18. The zero-order chi connectivity index (χ0) is 14.0. The van der Waals surface area contributed by atoms with Crippen molar-refractivity contribution in [1.82, 2.24) is 4.72 Å². The first-order valence-electron chi connectivity index (χ1n) is 6.07. The van der Waals surface area contributed by atoms with Gasteiger partial charge in [-0.2, -0.15) is 0 Å². The Balaban J connectivity index is 2.27. The van der Waals surface area contributed by atoms with Crippen LogP contribution in [0.15, 0.2) is 29.2 Å². The van der Waals surface area contributed by atoms with Crippen LogP contribution in [0.3, 0.4) is 0 Å². The Kier molecular flexibility index (Phi) is 3.77. The Hall–Kier alpha value is -1.60. The van der Waals surface area contributed by atoms with Gasteiger partial charge in [0, 0.05) is 6.04 Å². The molecule has 0 aliphatic heterocycles. The van der Waals surface area contributed by atoms with Crippen LogP contribution in [0.25, 0.3) is 0 Å². The summed E-state index contributed by atoms with van der Waals surface area (Å²) < 4.78 is 27.0. The van der Waals surface area contributed by atoms with Crippen LogP contribution in [0, 0.1) is 0 Å². The molecule has 19 heavy (non-hydrogen) atoms. The van der Waals surface area contributed by atoms with Gasteiger partial charge in [0.25, 0.3) is 0 Å². The van der Waals surface area contributed by atoms with E-state index in [1.807, 2.05) is 0 Å². The van der Waals surface area contributed by atoms with Crippen molar-refractivity contribution in [2.24, 2.45) is 5.73 Å². The van der Waals surface area contributed by atoms with E-state index >= 15 is 0 Å². The van der Waals surface area contributed by atoms with E-state index in [1.165, 1.54) is 6.07 Å². The predicted octanol–water partition coefficient (Wildman–Crippen LogP) is 0.413. The largest absolute Gasteiger partial charge is 0.373 e. The van der Waals surface area contributed by atoms with Crippen LogP contribution in [0.1, 0.15) is 19.8 Å². The van der Waals surface area contributed by atoms with Crippen LogP contribution in [0.4, 0.5) is 5.69 Å². The lowest BCUT2D eigenvalue weighted by molar-refractivity contribution is -0.118. The number of benzene rings is 1. The topological polar surface area (TPSA) is 101 Å². The van der Waals surface area contributed by atoms with E-state index in [1.54, 1.807) is 25.1 Å². The maximum atomic E-state index is 12.2. The first-order valence-corrected chi connectivity index (χ1v) is 7.55. The van der Waals surface area contributed by atoms with Crippen LogP contribution in [-0.4, -0.2) is 26.4 Å². The van der Waals surface area contributed by atoms with Gasteiger partial charge in [-0.1, -0.05) is 12.1 Å². The Morgan fingerprint density at radius 2 is 2.00 bits per heavy atom. The number of primary amides is 1. The molecular weight excluding hydrogens is 266 g/mol. The molecule has 1 aliphatic rings. The molecule has 7 heteroatoms. The fourth-order valence-corrected chi connectivity index (χ4v) is 3.08. The lowest BCUT2D eigenvalue weighted by Gasteiger charge is -2.16. The lowest BCUT2D eigenvalue weighted by Crippen LogP contribution is -2.33. The molecule has 1 fully saturated rings. The zero-order valence-corrected chi connectivity index (χ0v) is 11.4. The molecule has 1 unspecified atom stereocenters. The summed E-state index contributed by atoms with van der Waals surface area (Å²) in [6.45, 7) is 1.58. The standard InChI is InChI=1S/C12H17N3O3S/c1-8(12(13)16)14-10-4-2-3-5-11(10)19(17,18)15-9-6-7-9/h2-5,8-9,14-15H,6-7H2,1H3,(H2,13,16). The molecule has 4 N–H and O–H groups in total. The molecule has 104 valence electrons. The van der Waals surface area contributed by atoms with Crippen molar-refractivity contribution in [3.63, 3.8) is 0 Å². The van der Waals surface area contributed by atoms with Crippen molar-refractivity contribution in [2.45, 2.75) is 36.7 Å². The Morgan fingerprint density at radius 1 is 1.37 bits per heavy atom. The number of amides is 1. The molecule has 1 aliphatic carbocycles. The fraction of sp³-hybridized carbons (Fsp3) is 0.417.